The Hall–Kier alpha value is -1.06. The van der Waals surface area contributed by atoms with E-state index < -0.39 is 11.8 Å². The van der Waals surface area contributed by atoms with Crippen LogP contribution in [-0.4, -0.2) is 11.8 Å². The predicted octanol–water partition coefficient (Wildman–Crippen LogP) is 4.79. The van der Waals surface area contributed by atoms with E-state index in [1.807, 2.05) is 0 Å². The summed E-state index contributed by atoms with van der Waals surface area (Å²) in [6, 6.07) is 0. The minimum Gasteiger partial charge on any atom is -0.369 e. The maximum Gasteiger partial charge on any atom is 0.234 e. The summed E-state index contributed by atoms with van der Waals surface area (Å²) in [5, 5.41) is 0. The van der Waals surface area contributed by atoms with Gasteiger partial charge in [0.05, 0.1) is 0 Å². The van der Waals surface area contributed by atoms with E-state index in [1.165, 1.54) is 77.0 Å². The number of unbranched alkanes of at least 4 members (excludes halogenated alkanes) is 14. The van der Waals surface area contributed by atoms with Gasteiger partial charge < -0.3 is 11.5 Å². The summed E-state index contributed by atoms with van der Waals surface area (Å²) in [7, 11) is 0. The van der Waals surface area contributed by atoms with Gasteiger partial charge in [-0.05, 0) is 6.42 Å². The molecule has 0 aliphatic heterocycles. The number of primary amides is 2. The molecule has 4 N–H and O–H groups in total. The second kappa shape index (κ2) is 16.8. The fourth-order valence-corrected chi connectivity index (χ4v) is 3.04. The molecule has 0 aliphatic rings. The Labute approximate surface area is 149 Å². The van der Waals surface area contributed by atoms with Crippen molar-refractivity contribution in [3.05, 3.63) is 5.92 Å². The van der Waals surface area contributed by atoms with E-state index in [2.05, 4.69) is 6.92 Å². The summed E-state index contributed by atoms with van der Waals surface area (Å²) in [5.41, 5.74) is 10.2. The van der Waals surface area contributed by atoms with Crippen LogP contribution in [0.4, 0.5) is 0 Å². The van der Waals surface area contributed by atoms with E-state index >= 15 is 0 Å². The molecular formula is C20H39N2O2. The molecule has 24 heavy (non-hydrogen) atoms. The van der Waals surface area contributed by atoms with E-state index in [0.717, 1.165) is 19.3 Å². The molecule has 0 aromatic rings. The zero-order chi connectivity index (χ0) is 18.0. The first-order chi connectivity index (χ1) is 11.6. The zero-order valence-electron chi connectivity index (χ0n) is 15.8. The van der Waals surface area contributed by atoms with Crippen molar-refractivity contribution in [1.29, 1.82) is 0 Å². The molecule has 0 atom stereocenters. The Morgan fingerprint density at radius 1 is 0.542 bits per heavy atom. The van der Waals surface area contributed by atoms with Crippen LogP contribution in [0.25, 0.3) is 0 Å². The topological polar surface area (TPSA) is 86.2 Å². The highest BCUT2D eigenvalue weighted by Crippen LogP contribution is 2.15. The maximum atomic E-state index is 11.0. The van der Waals surface area contributed by atoms with Crippen LogP contribution < -0.4 is 11.5 Å². The number of carbonyl (C=O) groups is 2. The van der Waals surface area contributed by atoms with Crippen molar-refractivity contribution in [2.45, 2.75) is 110 Å². The highest BCUT2D eigenvalue weighted by atomic mass is 16.2. The van der Waals surface area contributed by atoms with E-state index in [1.54, 1.807) is 0 Å². The van der Waals surface area contributed by atoms with Crippen molar-refractivity contribution in [1.82, 2.24) is 0 Å². The van der Waals surface area contributed by atoms with Gasteiger partial charge in [-0.1, -0.05) is 103 Å². The molecule has 0 rings (SSSR count). The normalized spacial score (nSPS) is 11.1. The molecule has 0 spiro atoms. The van der Waals surface area contributed by atoms with Crippen molar-refractivity contribution in [2.24, 2.45) is 11.5 Å². The van der Waals surface area contributed by atoms with Crippen molar-refractivity contribution >= 4 is 11.8 Å². The lowest BCUT2D eigenvalue weighted by Gasteiger charge is -2.07. The van der Waals surface area contributed by atoms with Crippen LogP contribution in [0.15, 0.2) is 0 Å². The Balaban J connectivity index is 3.23. The SMILES string of the molecule is CCCCCCCCCCCCCCCCC[C](C(N)=O)C(N)=O. The molecular weight excluding hydrogens is 300 g/mol. The van der Waals surface area contributed by atoms with E-state index in [4.69, 9.17) is 11.5 Å². The quantitative estimate of drug-likeness (QED) is 0.278. The molecule has 0 unspecified atom stereocenters. The van der Waals surface area contributed by atoms with Crippen molar-refractivity contribution in [3.8, 4) is 0 Å². The van der Waals surface area contributed by atoms with Crippen molar-refractivity contribution < 1.29 is 9.59 Å². The molecule has 0 bridgehead atoms. The third-order valence-corrected chi connectivity index (χ3v) is 4.63. The molecule has 0 fully saturated rings. The van der Waals surface area contributed by atoms with E-state index in [-0.39, 0.29) is 5.92 Å². The second-order valence-electron chi connectivity index (χ2n) is 6.91. The Kier molecular flexibility index (Phi) is 16.0. The van der Waals surface area contributed by atoms with Gasteiger partial charge in [-0.2, -0.15) is 0 Å². The molecule has 4 nitrogen and oxygen atoms in total. The second-order valence-corrected chi connectivity index (χ2v) is 6.91. The van der Waals surface area contributed by atoms with Crippen LogP contribution in [0, 0.1) is 5.92 Å². The fourth-order valence-electron chi connectivity index (χ4n) is 3.04. The molecule has 0 heterocycles. The standard InChI is InChI=1S/C20H39N2O2/c1-2-3-4-5-6-7-8-9-10-11-12-13-14-15-16-17-18(19(21)23)20(22)24/h2-17H2,1H3,(H2,21,23)(H2,22,24). The highest BCUT2D eigenvalue weighted by Gasteiger charge is 2.21. The van der Waals surface area contributed by atoms with E-state index in [0.29, 0.717) is 6.42 Å². The predicted molar refractivity (Wildman–Crippen MR) is 101 cm³/mol. The summed E-state index contributed by atoms with van der Waals surface area (Å²) in [6.07, 6.45) is 19.8. The Morgan fingerprint density at radius 2 is 0.833 bits per heavy atom. The van der Waals surface area contributed by atoms with Crippen LogP contribution in [0.2, 0.25) is 0 Å². The van der Waals surface area contributed by atoms with Gasteiger partial charge >= 0.3 is 0 Å². The molecule has 4 heteroatoms. The molecule has 141 valence electrons. The summed E-state index contributed by atoms with van der Waals surface area (Å²) < 4.78 is 0. The van der Waals surface area contributed by atoms with Crippen molar-refractivity contribution in [2.75, 3.05) is 0 Å². The monoisotopic (exact) mass is 339 g/mol. The molecule has 0 saturated carbocycles. The highest BCUT2D eigenvalue weighted by molar-refractivity contribution is 6.13. The maximum absolute atomic E-state index is 11.0. The average molecular weight is 340 g/mol. The van der Waals surface area contributed by atoms with Gasteiger partial charge in [0.15, 0.2) is 5.92 Å². The van der Waals surface area contributed by atoms with Crippen LogP contribution in [0.1, 0.15) is 110 Å². The van der Waals surface area contributed by atoms with Crippen molar-refractivity contribution in [3.63, 3.8) is 0 Å². The van der Waals surface area contributed by atoms with Crippen LogP contribution in [0.3, 0.4) is 0 Å². The van der Waals surface area contributed by atoms with Gasteiger partial charge in [0, 0.05) is 0 Å². The summed E-state index contributed by atoms with van der Waals surface area (Å²) in [4.78, 5) is 22.0. The van der Waals surface area contributed by atoms with E-state index in [9.17, 15) is 9.59 Å². The number of rotatable bonds is 18. The van der Waals surface area contributed by atoms with Gasteiger partial charge in [0.2, 0.25) is 11.8 Å². The van der Waals surface area contributed by atoms with Gasteiger partial charge in [-0.15, -0.1) is 0 Å². The molecule has 0 aromatic carbocycles. The van der Waals surface area contributed by atoms with Crippen LogP contribution in [0.5, 0.6) is 0 Å². The number of amides is 2. The first-order valence-electron chi connectivity index (χ1n) is 10.0. The summed E-state index contributed by atoms with van der Waals surface area (Å²) in [6.45, 7) is 2.26. The largest absolute Gasteiger partial charge is 0.369 e. The minimum absolute atomic E-state index is 0.0599. The first-order valence-corrected chi connectivity index (χ1v) is 10.0. The third kappa shape index (κ3) is 14.5. The van der Waals surface area contributed by atoms with Gasteiger partial charge in [-0.3, -0.25) is 9.59 Å². The van der Waals surface area contributed by atoms with Gasteiger partial charge in [0.1, 0.15) is 0 Å². The molecule has 0 saturated heterocycles. The smallest absolute Gasteiger partial charge is 0.234 e. The molecule has 2 amide bonds. The molecule has 1 radical (unpaired) electrons. The summed E-state index contributed by atoms with van der Waals surface area (Å²) >= 11 is 0. The van der Waals surface area contributed by atoms with Crippen LogP contribution >= 0.6 is 0 Å². The minimum atomic E-state index is -0.673. The van der Waals surface area contributed by atoms with Gasteiger partial charge in [0.25, 0.3) is 0 Å². The first kappa shape index (κ1) is 22.9. The lowest BCUT2D eigenvalue weighted by atomic mass is 9.98. The summed E-state index contributed by atoms with van der Waals surface area (Å²) in [5.74, 6) is -1.29. The van der Waals surface area contributed by atoms with Crippen LogP contribution in [-0.2, 0) is 9.59 Å². The fraction of sp³-hybridized carbons (Fsp3) is 0.850. The lowest BCUT2D eigenvalue weighted by molar-refractivity contribution is -0.123. The number of carbonyl (C=O) groups excluding carboxylic acids is 2. The molecule has 0 aromatic heterocycles. The Bertz CT molecular complexity index is 305. The third-order valence-electron chi connectivity index (χ3n) is 4.63. The van der Waals surface area contributed by atoms with Gasteiger partial charge in [-0.25, -0.2) is 0 Å². The number of nitrogens with two attached hydrogens (primary N) is 2. The zero-order valence-corrected chi connectivity index (χ0v) is 15.8. The Morgan fingerprint density at radius 3 is 1.12 bits per heavy atom. The average Bonchev–Trinajstić information content (AvgIpc) is 2.53. The number of hydrogen-bond donors (Lipinski definition) is 2. The molecule has 0 aliphatic carbocycles. The number of hydrogen-bond acceptors (Lipinski definition) is 2. The lowest BCUT2D eigenvalue weighted by Crippen LogP contribution is -2.33.